The Labute approximate surface area is 85.5 Å². The summed E-state index contributed by atoms with van der Waals surface area (Å²) in [4.78, 5) is -0.694. The zero-order valence-corrected chi connectivity index (χ0v) is 8.41. The first-order valence-corrected chi connectivity index (χ1v) is 4.62. The molecular formula is C9H8Cl2F2. The summed E-state index contributed by atoms with van der Waals surface area (Å²) in [7, 11) is 0. The topological polar surface area (TPSA) is 0 Å². The predicted molar refractivity (Wildman–Crippen MR) is 50.3 cm³/mol. The van der Waals surface area contributed by atoms with Crippen LogP contribution >= 0.6 is 23.2 Å². The Morgan fingerprint density at radius 2 is 1.85 bits per heavy atom. The van der Waals surface area contributed by atoms with Crippen molar-refractivity contribution in [3.05, 3.63) is 35.4 Å². The van der Waals surface area contributed by atoms with Crippen LogP contribution in [0.3, 0.4) is 0 Å². The molecule has 0 amide bonds. The summed E-state index contributed by atoms with van der Waals surface area (Å²) < 4.78 is 25.6. The van der Waals surface area contributed by atoms with Crippen LogP contribution < -0.4 is 0 Å². The maximum Gasteiger partial charge on any atom is 0.129 e. The van der Waals surface area contributed by atoms with Gasteiger partial charge in [0, 0.05) is 12.0 Å². The first kappa shape index (κ1) is 10.7. The van der Waals surface area contributed by atoms with Crippen molar-refractivity contribution < 1.29 is 8.78 Å². The van der Waals surface area contributed by atoms with E-state index in [9.17, 15) is 8.78 Å². The Kier molecular flexibility index (Phi) is 3.51. The third-order valence-electron chi connectivity index (χ3n) is 1.83. The Balaban J connectivity index is 3.01. The number of benzene rings is 1. The minimum Gasteiger partial charge on any atom is -0.207 e. The van der Waals surface area contributed by atoms with Crippen LogP contribution in [-0.4, -0.2) is 4.84 Å². The Hall–Kier alpha value is -0.340. The average Bonchev–Trinajstić information content (AvgIpc) is 2.03. The SMILES string of the molecule is CC(c1ccc(F)cc1F)C(Cl)Cl. The van der Waals surface area contributed by atoms with E-state index in [4.69, 9.17) is 23.2 Å². The van der Waals surface area contributed by atoms with Gasteiger partial charge in [-0.15, -0.1) is 23.2 Å². The van der Waals surface area contributed by atoms with Gasteiger partial charge < -0.3 is 0 Å². The second kappa shape index (κ2) is 4.25. The molecule has 0 aliphatic rings. The van der Waals surface area contributed by atoms with Crippen molar-refractivity contribution in [1.82, 2.24) is 0 Å². The summed E-state index contributed by atoms with van der Waals surface area (Å²) in [5.41, 5.74) is 0.330. The molecule has 4 heteroatoms. The lowest BCUT2D eigenvalue weighted by Crippen LogP contribution is -2.05. The standard InChI is InChI=1S/C9H8Cl2F2/c1-5(9(10)11)7-3-2-6(12)4-8(7)13/h2-5,9H,1H3. The van der Waals surface area contributed by atoms with E-state index < -0.39 is 16.5 Å². The predicted octanol–water partition coefficient (Wildman–Crippen LogP) is 3.87. The van der Waals surface area contributed by atoms with Gasteiger partial charge in [-0.05, 0) is 11.6 Å². The van der Waals surface area contributed by atoms with E-state index in [0.29, 0.717) is 5.56 Å². The molecule has 0 spiro atoms. The monoisotopic (exact) mass is 224 g/mol. The fourth-order valence-corrected chi connectivity index (χ4v) is 1.28. The zero-order chi connectivity index (χ0) is 10.0. The minimum atomic E-state index is -0.694. The lowest BCUT2D eigenvalue weighted by atomic mass is 10.0. The Bertz CT molecular complexity index is 300. The highest BCUT2D eigenvalue weighted by molar-refractivity contribution is 6.44. The second-order valence-corrected chi connectivity index (χ2v) is 3.95. The van der Waals surface area contributed by atoms with Gasteiger partial charge in [-0.3, -0.25) is 0 Å². The highest BCUT2D eigenvalue weighted by Crippen LogP contribution is 2.28. The molecule has 1 rings (SSSR count). The van der Waals surface area contributed by atoms with Crippen molar-refractivity contribution in [3.63, 3.8) is 0 Å². The van der Waals surface area contributed by atoms with Gasteiger partial charge in [0.1, 0.15) is 16.5 Å². The molecule has 0 aromatic heterocycles. The van der Waals surface area contributed by atoms with E-state index in [0.717, 1.165) is 6.07 Å². The first-order valence-electron chi connectivity index (χ1n) is 3.75. The van der Waals surface area contributed by atoms with Crippen molar-refractivity contribution in [3.8, 4) is 0 Å². The van der Waals surface area contributed by atoms with Crippen LogP contribution in [-0.2, 0) is 0 Å². The van der Waals surface area contributed by atoms with Gasteiger partial charge >= 0.3 is 0 Å². The summed E-state index contributed by atoms with van der Waals surface area (Å²) in [6, 6.07) is 3.36. The number of alkyl halides is 2. The van der Waals surface area contributed by atoms with Crippen LogP contribution in [0, 0.1) is 11.6 Å². The smallest absolute Gasteiger partial charge is 0.129 e. The largest absolute Gasteiger partial charge is 0.207 e. The molecule has 0 nitrogen and oxygen atoms in total. The molecule has 1 unspecified atom stereocenters. The van der Waals surface area contributed by atoms with Crippen molar-refractivity contribution in [1.29, 1.82) is 0 Å². The highest BCUT2D eigenvalue weighted by atomic mass is 35.5. The summed E-state index contributed by atoms with van der Waals surface area (Å²) >= 11 is 11.2. The van der Waals surface area contributed by atoms with E-state index in [1.165, 1.54) is 12.1 Å². The fourth-order valence-electron chi connectivity index (χ4n) is 1.01. The molecule has 0 fully saturated rings. The first-order chi connectivity index (χ1) is 6.02. The minimum absolute atomic E-state index is 0.330. The van der Waals surface area contributed by atoms with E-state index in [2.05, 4.69) is 0 Å². The number of rotatable bonds is 2. The number of hydrogen-bond donors (Lipinski definition) is 0. The van der Waals surface area contributed by atoms with Crippen LogP contribution in [0.15, 0.2) is 18.2 Å². The molecule has 1 atom stereocenters. The van der Waals surface area contributed by atoms with Gasteiger partial charge in [0.25, 0.3) is 0 Å². The average molecular weight is 225 g/mol. The molecule has 1 aromatic rings. The van der Waals surface area contributed by atoms with Crippen molar-refractivity contribution in [2.45, 2.75) is 17.7 Å². The summed E-state index contributed by atoms with van der Waals surface area (Å²) in [6.45, 7) is 1.68. The van der Waals surface area contributed by atoms with Crippen LogP contribution in [0.5, 0.6) is 0 Å². The van der Waals surface area contributed by atoms with Crippen molar-refractivity contribution in [2.75, 3.05) is 0 Å². The molecule has 13 heavy (non-hydrogen) atoms. The fraction of sp³-hybridized carbons (Fsp3) is 0.333. The van der Waals surface area contributed by atoms with E-state index in [1.54, 1.807) is 6.92 Å². The van der Waals surface area contributed by atoms with Crippen molar-refractivity contribution >= 4 is 23.2 Å². The van der Waals surface area contributed by atoms with Crippen molar-refractivity contribution in [2.24, 2.45) is 0 Å². The maximum absolute atomic E-state index is 13.1. The quantitative estimate of drug-likeness (QED) is 0.670. The van der Waals surface area contributed by atoms with Gasteiger partial charge in [0.2, 0.25) is 0 Å². The van der Waals surface area contributed by atoms with Gasteiger partial charge in [0.15, 0.2) is 0 Å². The van der Waals surface area contributed by atoms with Crippen LogP contribution in [0.1, 0.15) is 18.4 Å². The molecule has 0 saturated carbocycles. The molecule has 72 valence electrons. The molecule has 0 saturated heterocycles. The summed E-state index contributed by atoms with van der Waals surface area (Å²) in [6.07, 6.45) is 0. The zero-order valence-electron chi connectivity index (χ0n) is 6.90. The Morgan fingerprint density at radius 1 is 1.23 bits per heavy atom. The number of halogens is 4. The molecule has 0 heterocycles. The second-order valence-electron chi connectivity index (χ2n) is 2.79. The van der Waals surface area contributed by atoms with Crippen LogP contribution in [0.4, 0.5) is 8.78 Å². The molecule has 0 aliphatic carbocycles. The van der Waals surface area contributed by atoms with E-state index in [-0.39, 0.29) is 5.92 Å². The van der Waals surface area contributed by atoms with Gasteiger partial charge in [-0.2, -0.15) is 0 Å². The summed E-state index contributed by atoms with van der Waals surface area (Å²) in [5.74, 6) is -1.56. The molecule has 0 N–H and O–H groups in total. The molecule has 0 aliphatic heterocycles. The number of hydrogen-bond acceptors (Lipinski definition) is 0. The van der Waals surface area contributed by atoms with E-state index in [1.807, 2.05) is 0 Å². The molecule has 0 bridgehead atoms. The van der Waals surface area contributed by atoms with Gasteiger partial charge in [-0.1, -0.05) is 13.0 Å². The normalized spacial score (nSPS) is 13.4. The molecule has 0 radical (unpaired) electrons. The Morgan fingerprint density at radius 3 is 2.31 bits per heavy atom. The van der Waals surface area contributed by atoms with E-state index >= 15 is 0 Å². The van der Waals surface area contributed by atoms with Gasteiger partial charge in [-0.25, -0.2) is 8.78 Å². The lowest BCUT2D eigenvalue weighted by Gasteiger charge is -2.13. The molecule has 1 aromatic carbocycles. The maximum atomic E-state index is 13.1. The third-order valence-corrected chi connectivity index (χ3v) is 2.59. The third kappa shape index (κ3) is 2.55. The van der Waals surface area contributed by atoms with Gasteiger partial charge in [0.05, 0.1) is 0 Å². The summed E-state index contributed by atoms with van der Waals surface area (Å²) in [5, 5.41) is 0. The highest BCUT2D eigenvalue weighted by Gasteiger charge is 2.17. The molecular weight excluding hydrogens is 217 g/mol. The lowest BCUT2D eigenvalue weighted by molar-refractivity contribution is 0.563. The van der Waals surface area contributed by atoms with Crippen LogP contribution in [0.2, 0.25) is 0 Å². The van der Waals surface area contributed by atoms with Crippen LogP contribution in [0.25, 0.3) is 0 Å².